The number of hydrogen-bond acceptors (Lipinski definition) is 3. The van der Waals surface area contributed by atoms with E-state index in [2.05, 4.69) is 10.3 Å². The number of nitrogens with zero attached hydrogens (tertiary/aromatic N) is 2. The van der Waals surface area contributed by atoms with Crippen molar-refractivity contribution in [2.45, 2.75) is 38.0 Å². The Hall–Kier alpha value is -2.47. The Kier molecular flexibility index (Phi) is 5.28. The number of rotatable bonds is 6. The smallest absolute Gasteiger partial charge is 0.318 e. The van der Waals surface area contributed by atoms with Gasteiger partial charge in [0.05, 0.1) is 18.7 Å². The van der Waals surface area contributed by atoms with Crippen LogP contribution in [0.2, 0.25) is 0 Å². The van der Waals surface area contributed by atoms with Crippen LogP contribution in [0.25, 0.3) is 0 Å². The highest BCUT2D eigenvalue weighted by Gasteiger charge is 2.34. The van der Waals surface area contributed by atoms with E-state index in [0.717, 1.165) is 18.4 Å². The first-order chi connectivity index (χ1) is 12.0. The minimum atomic E-state index is -0.844. The molecule has 25 heavy (non-hydrogen) atoms. The van der Waals surface area contributed by atoms with Crippen molar-refractivity contribution in [2.24, 2.45) is 0 Å². The molecule has 0 unspecified atom stereocenters. The highest BCUT2D eigenvalue weighted by atomic mass is 19.1. The molecule has 2 amide bonds. The first-order valence-corrected chi connectivity index (χ1v) is 8.45. The zero-order valence-electron chi connectivity index (χ0n) is 14.1. The number of halogens is 1. The summed E-state index contributed by atoms with van der Waals surface area (Å²) in [5, 5.41) is 13.4. The molecule has 2 aromatic rings. The summed E-state index contributed by atoms with van der Waals surface area (Å²) in [5.41, 5.74) is 1.57. The van der Waals surface area contributed by atoms with Gasteiger partial charge in [-0.1, -0.05) is 12.1 Å². The third-order valence-electron chi connectivity index (χ3n) is 4.42. The van der Waals surface area contributed by atoms with E-state index < -0.39 is 6.10 Å². The average molecular weight is 343 g/mol. The Balaban J connectivity index is 1.64. The van der Waals surface area contributed by atoms with Crippen LogP contribution in [0.1, 0.15) is 43.0 Å². The lowest BCUT2D eigenvalue weighted by molar-refractivity contribution is 0.116. The van der Waals surface area contributed by atoms with E-state index >= 15 is 0 Å². The Morgan fingerprint density at radius 1 is 1.24 bits per heavy atom. The molecule has 1 fully saturated rings. The second-order valence-electron chi connectivity index (χ2n) is 6.40. The number of hydrogen-bond donors (Lipinski definition) is 2. The maximum absolute atomic E-state index is 13.0. The molecule has 1 aliphatic carbocycles. The van der Waals surface area contributed by atoms with Crippen molar-refractivity contribution in [3.05, 3.63) is 65.7 Å². The number of urea groups is 1. The first kappa shape index (κ1) is 17.4. The standard InChI is InChI=1S/C19H22FN3O2/c1-13(14-8-10-21-11-9-14)22-19(25)23(17-6-7-17)12-18(24)15-2-4-16(20)5-3-15/h2-5,8-11,13,17-18,24H,6-7,12H2,1H3,(H,22,25)/t13-,18-/m0/s1. The Labute approximate surface area is 146 Å². The van der Waals surface area contributed by atoms with E-state index in [0.29, 0.717) is 5.56 Å². The molecule has 1 aromatic carbocycles. The fourth-order valence-corrected chi connectivity index (χ4v) is 2.76. The van der Waals surface area contributed by atoms with Crippen LogP contribution in [0, 0.1) is 5.82 Å². The van der Waals surface area contributed by atoms with Gasteiger partial charge in [0.2, 0.25) is 0 Å². The van der Waals surface area contributed by atoms with Gasteiger partial charge in [0.15, 0.2) is 0 Å². The molecule has 5 nitrogen and oxygen atoms in total. The van der Waals surface area contributed by atoms with Gasteiger partial charge in [0.1, 0.15) is 5.82 Å². The summed E-state index contributed by atoms with van der Waals surface area (Å²) in [6.07, 6.45) is 4.41. The molecular weight excluding hydrogens is 321 g/mol. The van der Waals surface area contributed by atoms with Crippen molar-refractivity contribution < 1.29 is 14.3 Å². The summed E-state index contributed by atoms with van der Waals surface area (Å²) in [4.78, 5) is 18.3. The molecule has 0 bridgehead atoms. The van der Waals surface area contributed by atoms with Gasteiger partial charge in [-0.25, -0.2) is 9.18 Å². The number of carbonyl (C=O) groups excluding carboxylic acids is 1. The largest absolute Gasteiger partial charge is 0.387 e. The topological polar surface area (TPSA) is 65.5 Å². The molecule has 2 atom stereocenters. The van der Waals surface area contributed by atoms with Gasteiger partial charge in [-0.3, -0.25) is 4.98 Å². The van der Waals surface area contributed by atoms with Gasteiger partial charge >= 0.3 is 6.03 Å². The van der Waals surface area contributed by atoms with Gasteiger partial charge < -0.3 is 15.3 Å². The van der Waals surface area contributed by atoms with Gasteiger partial charge in [-0.2, -0.15) is 0 Å². The predicted molar refractivity (Wildman–Crippen MR) is 92.3 cm³/mol. The minimum absolute atomic E-state index is 0.153. The molecule has 1 saturated carbocycles. The van der Waals surface area contributed by atoms with Crippen LogP contribution in [0.5, 0.6) is 0 Å². The molecular formula is C19H22FN3O2. The van der Waals surface area contributed by atoms with Gasteiger partial charge in [0.25, 0.3) is 0 Å². The van der Waals surface area contributed by atoms with Crippen molar-refractivity contribution in [1.29, 1.82) is 0 Å². The first-order valence-electron chi connectivity index (χ1n) is 8.45. The van der Waals surface area contributed by atoms with Crippen LogP contribution in [-0.2, 0) is 0 Å². The van der Waals surface area contributed by atoms with Crippen molar-refractivity contribution in [2.75, 3.05) is 6.54 Å². The molecule has 0 spiro atoms. The summed E-state index contributed by atoms with van der Waals surface area (Å²) >= 11 is 0. The SMILES string of the molecule is C[C@H](NC(=O)N(C[C@H](O)c1ccc(F)cc1)C1CC1)c1ccncc1. The summed E-state index contributed by atoms with van der Waals surface area (Å²) in [7, 11) is 0. The lowest BCUT2D eigenvalue weighted by Crippen LogP contribution is -2.44. The zero-order valence-corrected chi connectivity index (χ0v) is 14.1. The van der Waals surface area contributed by atoms with E-state index in [1.165, 1.54) is 12.1 Å². The number of aliphatic hydroxyl groups is 1. The van der Waals surface area contributed by atoms with Crippen LogP contribution in [0.4, 0.5) is 9.18 Å². The number of aromatic nitrogens is 1. The van der Waals surface area contributed by atoms with Crippen molar-refractivity contribution in [1.82, 2.24) is 15.2 Å². The van der Waals surface area contributed by atoms with Crippen molar-refractivity contribution in [3.63, 3.8) is 0 Å². The molecule has 6 heteroatoms. The van der Waals surface area contributed by atoms with Crippen LogP contribution < -0.4 is 5.32 Å². The van der Waals surface area contributed by atoms with E-state index in [1.807, 2.05) is 19.1 Å². The molecule has 1 heterocycles. The summed E-state index contributed by atoms with van der Waals surface area (Å²) in [5.74, 6) is -0.348. The molecule has 2 N–H and O–H groups in total. The molecule has 1 aromatic heterocycles. The fourth-order valence-electron chi connectivity index (χ4n) is 2.76. The molecule has 0 aliphatic heterocycles. The number of pyridine rings is 1. The predicted octanol–water partition coefficient (Wildman–Crippen LogP) is 3.19. The molecule has 0 saturated heterocycles. The van der Waals surface area contributed by atoms with Crippen LogP contribution in [0.15, 0.2) is 48.8 Å². The van der Waals surface area contributed by atoms with Gasteiger partial charge in [-0.15, -0.1) is 0 Å². The van der Waals surface area contributed by atoms with Gasteiger partial charge in [0, 0.05) is 18.4 Å². The van der Waals surface area contributed by atoms with Crippen molar-refractivity contribution >= 4 is 6.03 Å². The number of benzene rings is 1. The van der Waals surface area contributed by atoms with E-state index in [9.17, 15) is 14.3 Å². The molecule has 3 rings (SSSR count). The van der Waals surface area contributed by atoms with E-state index in [-0.39, 0.29) is 30.5 Å². The summed E-state index contributed by atoms with van der Waals surface area (Å²) < 4.78 is 13.0. The minimum Gasteiger partial charge on any atom is -0.387 e. The normalized spacial score (nSPS) is 16.1. The quantitative estimate of drug-likeness (QED) is 0.846. The number of aliphatic hydroxyl groups excluding tert-OH is 1. The second-order valence-corrected chi connectivity index (χ2v) is 6.40. The lowest BCUT2D eigenvalue weighted by Gasteiger charge is -2.27. The van der Waals surface area contributed by atoms with Crippen LogP contribution in [0.3, 0.4) is 0 Å². The number of carbonyl (C=O) groups is 1. The molecule has 132 valence electrons. The van der Waals surface area contributed by atoms with E-state index in [4.69, 9.17) is 0 Å². The van der Waals surface area contributed by atoms with Crippen LogP contribution >= 0.6 is 0 Å². The summed E-state index contributed by atoms with van der Waals surface area (Å²) in [6, 6.07) is 9.23. The Morgan fingerprint density at radius 2 is 1.88 bits per heavy atom. The Bertz CT molecular complexity index is 704. The maximum atomic E-state index is 13.0. The maximum Gasteiger partial charge on any atom is 0.318 e. The van der Waals surface area contributed by atoms with Crippen LogP contribution in [-0.4, -0.2) is 33.6 Å². The average Bonchev–Trinajstić information content (AvgIpc) is 3.45. The molecule has 1 aliphatic rings. The monoisotopic (exact) mass is 343 g/mol. The highest BCUT2D eigenvalue weighted by Crippen LogP contribution is 2.29. The second kappa shape index (κ2) is 7.61. The zero-order chi connectivity index (χ0) is 17.8. The lowest BCUT2D eigenvalue weighted by atomic mass is 10.1. The van der Waals surface area contributed by atoms with Gasteiger partial charge in [-0.05, 0) is 55.2 Å². The Morgan fingerprint density at radius 3 is 2.48 bits per heavy atom. The third-order valence-corrected chi connectivity index (χ3v) is 4.42. The highest BCUT2D eigenvalue weighted by molar-refractivity contribution is 5.75. The number of nitrogens with one attached hydrogen (secondary N) is 1. The fraction of sp³-hybridized carbons (Fsp3) is 0.368. The summed E-state index contributed by atoms with van der Waals surface area (Å²) in [6.45, 7) is 2.10. The third kappa shape index (κ3) is 4.54. The van der Waals surface area contributed by atoms with E-state index in [1.54, 1.807) is 29.4 Å². The molecule has 0 radical (unpaired) electrons. The number of amides is 2. The van der Waals surface area contributed by atoms with Crippen molar-refractivity contribution in [3.8, 4) is 0 Å².